The monoisotopic (exact) mass is 308 g/mol. The van der Waals surface area contributed by atoms with E-state index in [0.29, 0.717) is 0 Å². The molecule has 0 aliphatic carbocycles. The lowest BCUT2D eigenvalue weighted by Gasteiger charge is -2.15. The molecule has 0 aliphatic rings. The van der Waals surface area contributed by atoms with Crippen molar-refractivity contribution in [3.63, 3.8) is 0 Å². The first-order valence-electron chi connectivity index (χ1n) is 6.30. The van der Waals surface area contributed by atoms with Crippen LogP contribution in [0.2, 0.25) is 0 Å². The van der Waals surface area contributed by atoms with Gasteiger partial charge in [-0.2, -0.15) is 0 Å². The summed E-state index contributed by atoms with van der Waals surface area (Å²) in [7, 11) is 1.35. The number of aliphatic carboxylic acids is 1. The highest BCUT2D eigenvalue weighted by atomic mass is 19.1. The highest BCUT2D eigenvalue weighted by molar-refractivity contribution is 5.84. The summed E-state index contributed by atoms with van der Waals surface area (Å²) in [6, 6.07) is 6.20. The van der Waals surface area contributed by atoms with Crippen molar-refractivity contribution in [1.29, 1.82) is 0 Å². The number of methoxy groups -OCH3 is 1. The second-order valence-electron chi connectivity index (χ2n) is 4.55. The predicted molar refractivity (Wildman–Crippen MR) is 72.7 cm³/mol. The molecule has 2 aromatic rings. The number of aromatic carboxylic acids is 1. The molecule has 1 atom stereocenters. The van der Waals surface area contributed by atoms with E-state index in [1.54, 1.807) is 0 Å². The summed E-state index contributed by atoms with van der Waals surface area (Å²) < 4.78 is 23.5. The summed E-state index contributed by atoms with van der Waals surface area (Å²) in [5, 5.41) is 18.2. The molecule has 0 fully saturated rings. The van der Waals surface area contributed by atoms with Crippen LogP contribution >= 0.6 is 0 Å². The molecule has 0 bridgehead atoms. The molecule has 116 valence electrons. The molecule has 0 saturated carbocycles. The Hall–Kier alpha value is -2.83. The van der Waals surface area contributed by atoms with Crippen molar-refractivity contribution < 1.29 is 33.3 Å². The van der Waals surface area contributed by atoms with Crippen LogP contribution in [0.3, 0.4) is 0 Å². The molecular weight excluding hydrogens is 295 g/mol. The number of ether oxygens (including phenoxy) is 1. The molecule has 1 aromatic heterocycles. The summed E-state index contributed by atoms with van der Waals surface area (Å²) in [6.07, 6.45) is -0.123. The van der Waals surface area contributed by atoms with Crippen LogP contribution in [-0.4, -0.2) is 29.3 Å². The number of halogens is 1. The third-order valence-electron chi connectivity index (χ3n) is 3.14. The number of carbonyl (C=O) groups is 2. The van der Waals surface area contributed by atoms with E-state index in [1.807, 2.05) is 0 Å². The number of furan rings is 1. The van der Waals surface area contributed by atoms with Crippen LogP contribution < -0.4 is 4.74 Å². The van der Waals surface area contributed by atoms with Gasteiger partial charge >= 0.3 is 11.9 Å². The highest BCUT2D eigenvalue weighted by Gasteiger charge is 2.26. The standard InChI is InChI=1S/C15H13FO6/c1-21-12-4-2-8(16)6-10(12)11(14(17)18)7-9-3-5-13(22-9)15(19)20/h2-6,11H,7H2,1H3,(H,17,18)(H,19,20). The number of rotatable bonds is 6. The SMILES string of the molecule is COc1ccc(F)cc1C(Cc1ccc(C(=O)O)o1)C(=O)O. The first kappa shape index (κ1) is 15.6. The third-order valence-corrected chi connectivity index (χ3v) is 3.14. The Morgan fingerprint density at radius 2 is 2.00 bits per heavy atom. The van der Waals surface area contributed by atoms with E-state index in [9.17, 15) is 19.1 Å². The molecular formula is C15H13FO6. The van der Waals surface area contributed by atoms with E-state index in [2.05, 4.69) is 0 Å². The fourth-order valence-electron chi connectivity index (χ4n) is 2.11. The lowest BCUT2D eigenvalue weighted by atomic mass is 9.93. The smallest absolute Gasteiger partial charge is 0.371 e. The van der Waals surface area contributed by atoms with Crippen molar-refractivity contribution in [2.24, 2.45) is 0 Å². The second kappa shape index (κ2) is 6.30. The number of carboxylic acid groups (broad SMARTS) is 2. The van der Waals surface area contributed by atoms with Gasteiger partial charge in [0.25, 0.3) is 0 Å². The van der Waals surface area contributed by atoms with Gasteiger partial charge < -0.3 is 19.4 Å². The van der Waals surface area contributed by atoms with Gasteiger partial charge in [-0.3, -0.25) is 4.79 Å². The molecule has 0 amide bonds. The highest BCUT2D eigenvalue weighted by Crippen LogP contribution is 2.31. The molecule has 0 saturated heterocycles. The molecule has 2 N–H and O–H groups in total. The molecule has 1 aromatic carbocycles. The van der Waals surface area contributed by atoms with Crippen LogP contribution in [0.1, 0.15) is 27.8 Å². The minimum atomic E-state index is -1.25. The lowest BCUT2D eigenvalue weighted by Crippen LogP contribution is -2.15. The molecule has 1 unspecified atom stereocenters. The van der Waals surface area contributed by atoms with Gasteiger partial charge in [-0.05, 0) is 30.3 Å². The summed E-state index contributed by atoms with van der Waals surface area (Å²) in [5.41, 5.74) is 0.156. The minimum Gasteiger partial charge on any atom is -0.496 e. The van der Waals surface area contributed by atoms with Gasteiger partial charge in [-0.15, -0.1) is 0 Å². The average Bonchev–Trinajstić information content (AvgIpc) is 2.93. The zero-order valence-corrected chi connectivity index (χ0v) is 11.6. The minimum absolute atomic E-state index is 0.123. The first-order valence-corrected chi connectivity index (χ1v) is 6.30. The predicted octanol–water partition coefficient (Wildman–Crippen LogP) is 2.54. The Labute approximate surface area is 124 Å². The third kappa shape index (κ3) is 3.25. The van der Waals surface area contributed by atoms with Crippen molar-refractivity contribution >= 4 is 11.9 Å². The lowest BCUT2D eigenvalue weighted by molar-refractivity contribution is -0.138. The van der Waals surface area contributed by atoms with Crippen LogP contribution in [0.5, 0.6) is 5.75 Å². The summed E-state index contributed by atoms with van der Waals surface area (Å²) in [4.78, 5) is 22.3. The molecule has 0 aliphatic heterocycles. The molecule has 1 heterocycles. The van der Waals surface area contributed by atoms with Gasteiger partial charge in [0.1, 0.15) is 17.3 Å². The van der Waals surface area contributed by atoms with Crippen LogP contribution in [0, 0.1) is 5.82 Å². The fourth-order valence-corrected chi connectivity index (χ4v) is 2.11. The zero-order valence-electron chi connectivity index (χ0n) is 11.6. The Morgan fingerprint density at radius 3 is 2.55 bits per heavy atom. The topological polar surface area (TPSA) is 97.0 Å². The number of hydrogen-bond donors (Lipinski definition) is 2. The van der Waals surface area contributed by atoms with Crippen molar-refractivity contribution in [3.05, 3.63) is 53.2 Å². The van der Waals surface area contributed by atoms with Crippen molar-refractivity contribution in [2.75, 3.05) is 7.11 Å². The van der Waals surface area contributed by atoms with Crippen molar-refractivity contribution in [2.45, 2.75) is 12.3 Å². The quantitative estimate of drug-likeness (QED) is 0.851. The van der Waals surface area contributed by atoms with Gasteiger partial charge in [-0.1, -0.05) is 0 Å². The maximum absolute atomic E-state index is 13.4. The molecule has 2 rings (SSSR count). The largest absolute Gasteiger partial charge is 0.496 e. The van der Waals surface area contributed by atoms with Gasteiger partial charge in [0.2, 0.25) is 5.76 Å². The van der Waals surface area contributed by atoms with Crippen LogP contribution in [0.4, 0.5) is 4.39 Å². The van der Waals surface area contributed by atoms with E-state index in [0.717, 1.165) is 12.1 Å². The molecule has 0 radical (unpaired) electrons. The van der Waals surface area contributed by atoms with Crippen LogP contribution in [0.15, 0.2) is 34.7 Å². The summed E-state index contributed by atoms with van der Waals surface area (Å²) in [6.45, 7) is 0. The number of carboxylic acids is 2. The molecule has 6 nitrogen and oxygen atoms in total. The molecule has 22 heavy (non-hydrogen) atoms. The normalized spacial score (nSPS) is 11.9. The summed E-state index contributed by atoms with van der Waals surface area (Å²) in [5.74, 6) is -4.04. The number of hydrogen-bond acceptors (Lipinski definition) is 4. The van der Waals surface area contributed by atoms with E-state index < -0.39 is 23.7 Å². The maximum Gasteiger partial charge on any atom is 0.371 e. The van der Waals surface area contributed by atoms with Gasteiger partial charge in [0, 0.05) is 12.0 Å². The summed E-state index contributed by atoms with van der Waals surface area (Å²) >= 11 is 0. The molecule has 7 heteroatoms. The van der Waals surface area contributed by atoms with Crippen molar-refractivity contribution in [3.8, 4) is 5.75 Å². The van der Waals surface area contributed by atoms with Gasteiger partial charge in [-0.25, -0.2) is 9.18 Å². The van der Waals surface area contributed by atoms with Crippen LogP contribution in [-0.2, 0) is 11.2 Å². The Kier molecular flexibility index (Phi) is 4.45. The fraction of sp³-hybridized carbons (Fsp3) is 0.200. The molecule has 0 spiro atoms. The Morgan fingerprint density at radius 1 is 1.27 bits per heavy atom. The van der Waals surface area contributed by atoms with Crippen LogP contribution in [0.25, 0.3) is 0 Å². The van der Waals surface area contributed by atoms with E-state index in [-0.39, 0.29) is 29.3 Å². The maximum atomic E-state index is 13.4. The zero-order chi connectivity index (χ0) is 16.3. The van der Waals surface area contributed by atoms with E-state index in [4.69, 9.17) is 14.3 Å². The van der Waals surface area contributed by atoms with Gasteiger partial charge in [0.05, 0.1) is 13.0 Å². The van der Waals surface area contributed by atoms with Gasteiger partial charge in [0.15, 0.2) is 0 Å². The Balaban J connectivity index is 2.36. The average molecular weight is 308 g/mol. The second-order valence-corrected chi connectivity index (χ2v) is 4.55. The number of benzene rings is 1. The van der Waals surface area contributed by atoms with E-state index >= 15 is 0 Å². The first-order chi connectivity index (χ1) is 10.4. The van der Waals surface area contributed by atoms with E-state index in [1.165, 1.54) is 25.3 Å². The Bertz CT molecular complexity index is 706. The van der Waals surface area contributed by atoms with Crippen molar-refractivity contribution in [1.82, 2.24) is 0 Å².